The molecule has 5 heteroatoms. The van der Waals surface area contributed by atoms with Gasteiger partial charge >= 0.3 is 0 Å². The summed E-state index contributed by atoms with van der Waals surface area (Å²) in [5, 5.41) is 3.98. The molecule has 3 atom stereocenters. The Bertz CT molecular complexity index is 803. The van der Waals surface area contributed by atoms with Crippen molar-refractivity contribution >= 4 is 16.9 Å². The lowest BCUT2D eigenvalue weighted by atomic mass is 9.97. The number of carbonyl (C=O) groups excluding carboxylic acids is 1. The van der Waals surface area contributed by atoms with Gasteiger partial charge in [0.2, 0.25) is 0 Å². The number of nitrogens with zero attached hydrogens (tertiary/aromatic N) is 2. The molecule has 0 radical (unpaired) electrons. The van der Waals surface area contributed by atoms with Crippen molar-refractivity contribution < 1.29 is 9.21 Å². The molecule has 2 aliphatic heterocycles. The molecule has 4 rings (SSSR count). The topological polar surface area (TPSA) is 58.4 Å². The lowest BCUT2D eigenvalue weighted by Crippen LogP contribution is -2.47. The Hall–Kier alpha value is -2.32. The Morgan fingerprint density at radius 3 is 3.17 bits per heavy atom. The predicted octanol–water partition coefficient (Wildman–Crippen LogP) is 2.02. The third-order valence-corrected chi connectivity index (χ3v) is 4.68. The van der Waals surface area contributed by atoms with Crippen LogP contribution in [0.25, 0.3) is 11.0 Å². The van der Waals surface area contributed by atoms with Crippen LogP contribution in [0.4, 0.5) is 0 Å². The van der Waals surface area contributed by atoms with Crippen LogP contribution in [0.3, 0.4) is 0 Å². The maximum absolute atomic E-state index is 12.5. The summed E-state index contributed by atoms with van der Waals surface area (Å²) in [6, 6.07) is 3.76. The van der Waals surface area contributed by atoms with Crippen molar-refractivity contribution in [2.24, 2.45) is 5.92 Å². The largest absolute Gasteiger partial charge is 0.448 e. The highest BCUT2D eigenvalue weighted by Gasteiger charge is 2.33. The molecule has 2 aromatic heterocycles. The molecule has 2 fully saturated rings. The van der Waals surface area contributed by atoms with Gasteiger partial charge in [-0.25, -0.2) is 0 Å². The molecule has 0 aliphatic carbocycles. The number of fused-ring (bicyclic) bond motifs is 3. The quantitative estimate of drug-likeness (QED) is 0.862. The van der Waals surface area contributed by atoms with Crippen LogP contribution in [0.15, 0.2) is 22.7 Å². The normalized spacial score (nSPS) is 25.9. The Morgan fingerprint density at radius 1 is 1.43 bits per heavy atom. The predicted molar refractivity (Wildman–Crippen MR) is 87.0 cm³/mol. The number of aromatic nitrogens is 1. The van der Waals surface area contributed by atoms with Gasteiger partial charge in [-0.3, -0.25) is 9.78 Å². The van der Waals surface area contributed by atoms with Crippen LogP contribution in [0, 0.1) is 17.8 Å². The van der Waals surface area contributed by atoms with Crippen LogP contribution < -0.4 is 5.32 Å². The SMILES string of the molecule is CC#Cc1cc2cnc(C(=O)NC3CC4CCN(C4)C3)cc2o1. The fourth-order valence-electron chi connectivity index (χ4n) is 3.67. The highest BCUT2D eigenvalue weighted by molar-refractivity contribution is 5.95. The minimum Gasteiger partial charge on any atom is -0.448 e. The molecule has 1 N–H and O–H groups in total. The van der Waals surface area contributed by atoms with E-state index in [0.717, 1.165) is 30.8 Å². The van der Waals surface area contributed by atoms with Gasteiger partial charge in [-0.05, 0) is 38.1 Å². The Morgan fingerprint density at radius 2 is 2.35 bits per heavy atom. The third-order valence-electron chi connectivity index (χ3n) is 4.68. The van der Waals surface area contributed by atoms with Gasteiger partial charge in [0.1, 0.15) is 11.3 Å². The summed E-state index contributed by atoms with van der Waals surface area (Å²) in [4.78, 5) is 19.2. The zero-order chi connectivity index (χ0) is 15.8. The highest BCUT2D eigenvalue weighted by atomic mass is 16.3. The van der Waals surface area contributed by atoms with E-state index >= 15 is 0 Å². The van der Waals surface area contributed by atoms with Gasteiger partial charge in [0.15, 0.2) is 5.76 Å². The van der Waals surface area contributed by atoms with Gasteiger partial charge < -0.3 is 14.6 Å². The number of nitrogens with one attached hydrogen (secondary N) is 1. The van der Waals surface area contributed by atoms with E-state index in [1.807, 2.05) is 6.07 Å². The Labute approximate surface area is 135 Å². The highest BCUT2D eigenvalue weighted by Crippen LogP contribution is 2.27. The minimum absolute atomic E-state index is 0.126. The summed E-state index contributed by atoms with van der Waals surface area (Å²) < 4.78 is 5.63. The Balaban J connectivity index is 1.51. The maximum atomic E-state index is 12.5. The monoisotopic (exact) mass is 309 g/mol. The average molecular weight is 309 g/mol. The fraction of sp³-hybridized carbons (Fsp3) is 0.444. The second-order valence-corrected chi connectivity index (χ2v) is 6.41. The van der Waals surface area contributed by atoms with Crippen molar-refractivity contribution in [1.29, 1.82) is 0 Å². The van der Waals surface area contributed by atoms with E-state index in [1.54, 1.807) is 19.2 Å². The van der Waals surface area contributed by atoms with E-state index in [0.29, 0.717) is 17.0 Å². The van der Waals surface area contributed by atoms with Gasteiger partial charge in [-0.1, -0.05) is 5.92 Å². The first-order valence-electron chi connectivity index (χ1n) is 8.07. The van der Waals surface area contributed by atoms with E-state index in [1.165, 1.54) is 13.0 Å². The molecule has 2 aromatic rings. The number of carbonyl (C=O) groups is 1. The van der Waals surface area contributed by atoms with Crippen molar-refractivity contribution in [2.75, 3.05) is 19.6 Å². The molecule has 23 heavy (non-hydrogen) atoms. The number of amides is 1. The fourth-order valence-corrected chi connectivity index (χ4v) is 3.67. The van der Waals surface area contributed by atoms with E-state index < -0.39 is 0 Å². The van der Waals surface area contributed by atoms with Crippen LogP contribution in [-0.2, 0) is 0 Å². The average Bonchev–Trinajstić information content (AvgIpc) is 3.09. The number of rotatable bonds is 2. The molecule has 2 saturated heterocycles. The molecule has 5 nitrogen and oxygen atoms in total. The molecule has 1 amide bonds. The summed E-state index contributed by atoms with van der Waals surface area (Å²) in [6.07, 6.45) is 3.99. The van der Waals surface area contributed by atoms with Crippen LogP contribution in [0.1, 0.15) is 36.0 Å². The summed E-state index contributed by atoms with van der Waals surface area (Å²) in [5.41, 5.74) is 1.05. The number of furan rings is 1. The lowest BCUT2D eigenvalue weighted by Gasteiger charge is -2.30. The Kier molecular flexibility index (Phi) is 3.55. The molecule has 0 spiro atoms. The lowest BCUT2D eigenvalue weighted by molar-refractivity contribution is 0.0904. The second kappa shape index (κ2) is 5.71. The van der Waals surface area contributed by atoms with Crippen molar-refractivity contribution in [1.82, 2.24) is 15.2 Å². The summed E-state index contributed by atoms with van der Waals surface area (Å²) in [5.74, 6) is 6.88. The molecule has 2 aliphatic rings. The molecule has 0 aromatic carbocycles. The summed E-state index contributed by atoms with van der Waals surface area (Å²) >= 11 is 0. The molecule has 2 bridgehead atoms. The summed E-state index contributed by atoms with van der Waals surface area (Å²) in [6.45, 7) is 5.05. The van der Waals surface area contributed by atoms with E-state index in [4.69, 9.17) is 4.42 Å². The molecule has 3 unspecified atom stereocenters. The molecule has 4 heterocycles. The van der Waals surface area contributed by atoms with Crippen LogP contribution in [0.2, 0.25) is 0 Å². The van der Waals surface area contributed by atoms with Crippen molar-refractivity contribution in [3.8, 4) is 11.8 Å². The zero-order valence-corrected chi connectivity index (χ0v) is 13.1. The maximum Gasteiger partial charge on any atom is 0.270 e. The van der Waals surface area contributed by atoms with Gasteiger partial charge in [0, 0.05) is 42.8 Å². The van der Waals surface area contributed by atoms with Crippen molar-refractivity contribution in [2.45, 2.75) is 25.8 Å². The van der Waals surface area contributed by atoms with Crippen molar-refractivity contribution in [3.63, 3.8) is 0 Å². The van der Waals surface area contributed by atoms with Crippen LogP contribution in [0.5, 0.6) is 0 Å². The van der Waals surface area contributed by atoms with E-state index in [9.17, 15) is 4.79 Å². The smallest absolute Gasteiger partial charge is 0.270 e. The van der Waals surface area contributed by atoms with Crippen LogP contribution in [-0.4, -0.2) is 41.5 Å². The first kappa shape index (κ1) is 14.3. The van der Waals surface area contributed by atoms with E-state index in [2.05, 4.69) is 27.0 Å². The summed E-state index contributed by atoms with van der Waals surface area (Å²) in [7, 11) is 0. The van der Waals surface area contributed by atoms with Gasteiger partial charge in [0.05, 0.1) is 0 Å². The first-order chi connectivity index (χ1) is 11.2. The standard InChI is InChI=1S/C18H19N3O2/c1-2-3-15-7-13-9-19-16(8-17(13)23-15)18(22)20-14-6-12-4-5-21(10-12)11-14/h7-9,12,14H,4-6,10-11H2,1H3,(H,20,22). The second-order valence-electron chi connectivity index (χ2n) is 6.41. The van der Waals surface area contributed by atoms with Crippen LogP contribution >= 0.6 is 0 Å². The number of piperidine rings is 1. The minimum atomic E-state index is -0.126. The van der Waals surface area contributed by atoms with Gasteiger partial charge in [-0.15, -0.1) is 0 Å². The van der Waals surface area contributed by atoms with Gasteiger partial charge in [-0.2, -0.15) is 0 Å². The van der Waals surface area contributed by atoms with Crippen molar-refractivity contribution in [3.05, 3.63) is 29.8 Å². The number of hydrogen-bond donors (Lipinski definition) is 1. The molecule has 0 saturated carbocycles. The first-order valence-corrected chi connectivity index (χ1v) is 8.07. The third kappa shape index (κ3) is 2.82. The molecular formula is C18H19N3O2. The molecular weight excluding hydrogens is 290 g/mol. The zero-order valence-electron chi connectivity index (χ0n) is 13.1. The molecule has 118 valence electrons. The number of hydrogen-bond acceptors (Lipinski definition) is 4. The van der Waals surface area contributed by atoms with Gasteiger partial charge in [0.25, 0.3) is 5.91 Å². The number of pyridine rings is 1. The van der Waals surface area contributed by atoms with E-state index in [-0.39, 0.29) is 11.9 Å².